The number of hydrogen-bond donors (Lipinski definition) is 2. The number of benzene rings is 1. The van der Waals surface area contributed by atoms with Crippen molar-refractivity contribution in [3.63, 3.8) is 0 Å². The van der Waals surface area contributed by atoms with Gasteiger partial charge in [0.1, 0.15) is 0 Å². The van der Waals surface area contributed by atoms with E-state index in [1.165, 1.54) is 25.7 Å². The van der Waals surface area contributed by atoms with Gasteiger partial charge in [-0.2, -0.15) is 0 Å². The molecule has 2 rings (SSSR count). The van der Waals surface area contributed by atoms with E-state index >= 15 is 0 Å². The molecule has 1 aliphatic rings. The number of hydrogen-bond acceptors (Lipinski definition) is 2. The van der Waals surface area contributed by atoms with Crippen molar-refractivity contribution < 1.29 is 4.74 Å². The Morgan fingerprint density at radius 1 is 1.43 bits per heavy atom. The molecule has 1 aromatic rings. The summed E-state index contributed by atoms with van der Waals surface area (Å²) in [5.74, 6) is 0.839. The second kappa shape index (κ2) is 8.25. The lowest BCUT2D eigenvalue weighted by Gasteiger charge is -2.21. The number of ether oxygens (including phenoxy) is 1. The van der Waals surface area contributed by atoms with Gasteiger partial charge in [0.05, 0.1) is 6.10 Å². The Kier molecular flexibility index (Phi) is 6.33. The highest BCUT2D eigenvalue weighted by atomic mass is 35.5. The van der Waals surface area contributed by atoms with Gasteiger partial charge in [-0.25, -0.2) is 0 Å². The molecule has 5 heteroatoms. The Balaban J connectivity index is 1.89. The summed E-state index contributed by atoms with van der Waals surface area (Å²) in [6.07, 6.45) is 5.01. The molecule has 0 radical (unpaired) electrons. The fourth-order valence-corrected chi connectivity index (χ4v) is 2.89. The van der Waals surface area contributed by atoms with Crippen molar-refractivity contribution in [2.75, 3.05) is 20.7 Å². The van der Waals surface area contributed by atoms with Crippen LogP contribution in [0, 0.1) is 0 Å². The summed E-state index contributed by atoms with van der Waals surface area (Å²) in [7, 11) is 3.51. The number of aliphatic imine (C=N–C) groups is 1. The van der Waals surface area contributed by atoms with Crippen LogP contribution in [0.5, 0.6) is 0 Å². The van der Waals surface area contributed by atoms with Crippen molar-refractivity contribution in [2.45, 2.75) is 37.8 Å². The zero-order chi connectivity index (χ0) is 15.1. The first-order valence-corrected chi connectivity index (χ1v) is 7.86. The molecule has 0 spiro atoms. The first-order chi connectivity index (χ1) is 10.2. The van der Waals surface area contributed by atoms with Gasteiger partial charge in [-0.15, -0.1) is 0 Å². The molecule has 1 atom stereocenters. The van der Waals surface area contributed by atoms with E-state index < -0.39 is 0 Å². The van der Waals surface area contributed by atoms with Crippen molar-refractivity contribution in [1.82, 2.24) is 10.6 Å². The third-order valence-corrected chi connectivity index (χ3v) is 4.11. The van der Waals surface area contributed by atoms with Crippen LogP contribution in [0.2, 0.25) is 5.02 Å². The summed E-state index contributed by atoms with van der Waals surface area (Å²) in [6, 6.07) is 8.31. The Hall–Kier alpha value is -1.26. The average Bonchev–Trinajstić information content (AvgIpc) is 2.99. The maximum Gasteiger partial charge on any atom is 0.191 e. The van der Waals surface area contributed by atoms with Gasteiger partial charge in [-0.1, -0.05) is 36.6 Å². The summed E-state index contributed by atoms with van der Waals surface area (Å²) in [5, 5.41) is 7.53. The van der Waals surface area contributed by atoms with Crippen LogP contribution in [0.15, 0.2) is 29.3 Å². The summed E-state index contributed by atoms with van der Waals surface area (Å²) in [4.78, 5) is 4.28. The Morgan fingerprint density at radius 3 is 2.81 bits per heavy atom. The van der Waals surface area contributed by atoms with Crippen LogP contribution in [0.4, 0.5) is 0 Å². The second-order valence-electron chi connectivity index (χ2n) is 5.36. The Morgan fingerprint density at radius 2 is 2.19 bits per heavy atom. The fourth-order valence-electron chi connectivity index (χ4n) is 2.69. The topological polar surface area (TPSA) is 45.7 Å². The first-order valence-electron chi connectivity index (χ1n) is 7.48. The zero-order valence-electron chi connectivity index (χ0n) is 12.7. The predicted octanol–water partition coefficient (Wildman–Crippen LogP) is 3.14. The zero-order valence-corrected chi connectivity index (χ0v) is 13.5. The van der Waals surface area contributed by atoms with Gasteiger partial charge >= 0.3 is 0 Å². The molecule has 116 valence electrons. The monoisotopic (exact) mass is 309 g/mol. The molecular formula is C16H24ClN3O. The minimum absolute atomic E-state index is 0.0502. The molecular weight excluding hydrogens is 286 g/mol. The van der Waals surface area contributed by atoms with E-state index in [4.69, 9.17) is 16.3 Å². The SMILES string of the molecule is CN=C(NCC(OC)c1cccc(Cl)c1)NC1CCCC1. The molecule has 1 saturated carbocycles. The van der Waals surface area contributed by atoms with Crippen LogP contribution in [0.25, 0.3) is 0 Å². The van der Waals surface area contributed by atoms with Gasteiger partial charge in [0.2, 0.25) is 0 Å². The van der Waals surface area contributed by atoms with Crippen LogP contribution in [0.3, 0.4) is 0 Å². The number of nitrogens with one attached hydrogen (secondary N) is 2. The third kappa shape index (κ3) is 4.90. The van der Waals surface area contributed by atoms with Crippen molar-refractivity contribution in [2.24, 2.45) is 4.99 Å². The Bertz CT molecular complexity index is 472. The van der Waals surface area contributed by atoms with Crippen molar-refractivity contribution >= 4 is 17.6 Å². The lowest BCUT2D eigenvalue weighted by atomic mass is 10.1. The minimum atomic E-state index is -0.0502. The van der Waals surface area contributed by atoms with Crippen LogP contribution < -0.4 is 10.6 Å². The molecule has 0 amide bonds. The van der Waals surface area contributed by atoms with Crippen LogP contribution in [-0.4, -0.2) is 32.7 Å². The maximum absolute atomic E-state index is 6.04. The summed E-state index contributed by atoms with van der Waals surface area (Å²) < 4.78 is 5.55. The van der Waals surface area contributed by atoms with E-state index in [2.05, 4.69) is 15.6 Å². The lowest BCUT2D eigenvalue weighted by Crippen LogP contribution is -2.43. The molecule has 0 bridgehead atoms. The van der Waals surface area contributed by atoms with Crippen LogP contribution in [-0.2, 0) is 4.74 Å². The van der Waals surface area contributed by atoms with E-state index in [1.807, 2.05) is 24.3 Å². The molecule has 21 heavy (non-hydrogen) atoms. The van der Waals surface area contributed by atoms with Crippen molar-refractivity contribution in [1.29, 1.82) is 0 Å². The smallest absolute Gasteiger partial charge is 0.191 e. The fraction of sp³-hybridized carbons (Fsp3) is 0.562. The quantitative estimate of drug-likeness (QED) is 0.649. The standard InChI is InChI=1S/C16H24ClN3O/c1-18-16(20-14-8-3-4-9-14)19-11-15(21-2)12-6-5-7-13(17)10-12/h5-7,10,14-15H,3-4,8-9,11H2,1-2H3,(H2,18,19,20). The van der Waals surface area contributed by atoms with Crippen molar-refractivity contribution in [3.8, 4) is 0 Å². The van der Waals surface area contributed by atoms with Crippen LogP contribution >= 0.6 is 11.6 Å². The number of halogens is 1. The molecule has 0 saturated heterocycles. The normalized spacial score (nSPS) is 17.8. The van der Waals surface area contributed by atoms with Gasteiger partial charge in [0.15, 0.2) is 5.96 Å². The van der Waals surface area contributed by atoms with Crippen molar-refractivity contribution in [3.05, 3.63) is 34.9 Å². The molecule has 1 unspecified atom stereocenters. The minimum Gasteiger partial charge on any atom is -0.375 e. The van der Waals surface area contributed by atoms with E-state index in [0.717, 1.165) is 16.5 Å². The lowest BCUT2D eigenvalue weighted by molar-refractivity contribution is 0.106. The molecule has 0 aromatic heterocycles. The second-order valence-corrected chi connectivity index (χ2v) is 5.79. The largest absolute Gasteiger partial charge is 0.375 e. The number of guanidine groups is 1. The molecule has 1 fully saturated rings. The maximum atomic E-state index is 6.04. The number of nitrogens with zero attached hydrogens (tertiary/aromatic N) is 1. The van der Waals surface area contributed by atoms with Gasteiger partial charge < -0.3 is 15.4 Å². The average molecular weight is 310 g/mol. The van der Waals surface area contributed by atoms with Crippen LogP contribution in [0.1, 0.15) is 37.4 Å². The highest BCUT2D eigenvalue weighted by Crippen LogP contribution is 2.20. The highest BCUT2D eigenvalue weighted by Gasteiger charge is 2.17. The molecule has 0 aliphatic heterocycles. The molecule has 2 N–H and O–H groups in total. The molecule has 1 aliphatic carbocycles. The van der Waals surface area contributed by atoms with Gasteiger partial charge in [-0.3, -0.25) is 4.99 Å². The highest BCUT2D eigenvalue weighted by molar-refractivity contribution is 6.30. The summed E-state index contributed by atoms with van der Waals surface area (Å²) >= 11 is 6.04. The molecule has 4 nitrogen and oxygen atoms in total. The summed E-state index contributed by atoms with van der Waals surface area (Å²) in [6.45, 7) is 0.656. The van der Waals surface area contributed by atoms with Gasteiger partial charge in [0, 0.05) is 31.8 Å². The summed E-state index contributed by atoms with van der Waals surface area (Å²) in [5.41, 5.74) is 1.06. The molecule has 0 heterocycles. The third-order valence-electron chi connectivity index (χ3n) is 3.88. The molecule has 1 aromatic carbocycles. The van der Waals surface area contributed by atoms with Gasteiger partial charge in [0.25, 0.3) is 0 Å². The van der Waals surface area contributed by atoms with E-state index in [0.29, 0.717) is 12.6 Å². The number of rotatable bonds is 5. The predicted molar refractivity (Wildman–Crippen MR) is 88.0 cm³/mol. The number of methoxy groups -OCH3 is 1. The van der Waals surface area contributed by atoms with E-state index in [9.17, 15) is 0 Å². The van der Waals surface area contributed by atoms with E-state index in [1.54, 1.807) is 14.2 Å². The first kappa shape index (κ1) is 16.1. The van der Waals surface area contributed by atoms with Gasteiger partial charge in [-0.05, 0) is 30.5 Å². The Labute approximate surface area is 131 Å². The van der Waals surface area contributed by atoms with E-state index in [-0.39, 0.29) is 6.10 Å².